The normalized spacial score (nSPS) is 15.2. The third-order valence-corrected chi connectivity index (χ3v) is 4.39. The van der Waals surface area contributed by atoms with Crippen molar-refractivity contribution in [1.82, 2.24) is 0 Å². The van der Waals surface area contributed by atoms with Crippen LogP contribution in [0.25, 0.3) is 0 Å². The van der Waals surface area contributed by atoms with Gasteiger partial charge in [-0.2, -0.15) is 35.3 Å². The number of aliphatic hydroxyl groups excluding tert-OH is 2. The number of hydrogen-bond acceptors (Lipinski definition) is 5. The molecule has 15 heavy (non-hydrogen) atoms. The van der Waals surface area contributed by atoms with Crippen LogP contribution in [0, 0.1) is 0 Å². The topological polar surface area (TPSA) is 40.5 Å². The first-order valence-corrected chi connectivity index (χ1v) is 9.06. The molecule has 0 aliphatic rings. The van der Waals surface area contributed by atoms with E-state index in [1.165, 1.54) is 0 Å². The molecule has 0 aromatic carbocycles. The molecule has 0 aliphatic carbocycles. The second-order valence-electron chi connectivity index (χ2n) is 3.41. The van der Waals surface area contributed by atoms with E-state index in [0.717, 1.165) is 35.9 Å². The molecule has 5 heteroatoms. The standard InChI is InChI=1S/C10H22O2S3/c1-13-7-9(11)3-5-15-6-4-10(12)8-14-2/h9-12H,3-8H2,1-2H3. The van der Waals surface area contributed by atoms with Crippen molar-refractivity contribution in [1.29, 1.82) is 0 Å². The van der Waals surface area contributed by atoms with Crippen molar-refractivity contribution in [3.63, 3.8) is 0 Å². The Bertz CT molecular complexity index is 122. The first-order chi connectivity index (χ1) is 7.20. The van der Waals surface area contributed by atoms with Gasteiger partial charge in [-0.3, -0.25) is 0 Å². The Morgan fingerprint density at radius 1 is 0.867 bits per heavy atom. The molecule has 0 radical (unpaired) electrons. The number of rotatable bonds is 10. The highest BCUT2D eigenvalue weighted by molar-refractivity contribution is 7.99. The zero-order chi connectivity index (χ0) is 11.5. The second kappa shape index (κ2) is 11.5. The SMILES string of the molecule is CSCC(O)CCSCCC(O)CSC. The van der Waals surface area contributed by atoms with Crippen LogP contribution in [0.1, 0.15) is 12.8 Å². The molecule has 2 nitrogen and oxygen atoms in total. The van der Waals surface area contributed by atoms with Crippen LogP contribution >= 0.6 is 35.3 Å². The molecule has 0 fully saturated rings. The Morgan fingerprint density at radius 2 is 1.27 bits per heavy atom. The highest BCUT2D eigenvalue weighted by Crippen LogP contribution is 2.11. The van der Waals surface area contributed by atoms with Gasteiger partial charge in [0.1, 0.15) is 0 Å². The van der Waals surface area contributed by atoms with Crippen LogP contribution in [-0.4, -0.2) is 57.9 Å². The van der Waals surface area contributed by atoms with Crippen LogP contribution in [-0.2, 0) is 0 Å². The lowest BCUT2D eigenvalue weighted by Gasteiger charge is -2.10. The van der Waals surface area contributed by atoms with E-state index in [2.05, 4.69) is 0 Å². The van der Waals surface area contributed by atoms with Crippen molar-refractivity contribution in [2.75, 3.05) is 35.5 Å². The Kier molecular flexibility index (Phi) is 12.2. The van der Waals surface area contributed by atoms with Gasteiger partial charge in [0.25, 0.3) is 0 Å². The molecule has 0 spiro atoms. The van der Waals surface area contributed by atoms with Crippen molar-refractivity contribution in [3.05, 3.63) is 0 Å². The highest BCUT2D eigenvalue weighted by Gasteiger charge is 2.04. The molecule has 0 saturated heterocycles. The zero-order valence-electron chi connectivity index (χ0n) is 9.52. The maximum atomic E-state index is 9.46. The van der Waals surface area contributed by atoms with Gasteiger partial charge >= 0.3 is 0 Å². The van der Waals surface area contributed by atoms with Crippen LogP contribution in [0.2, 0.25) is 0 Å². The number of hydrogen-bond donors (Lipinski definition) is 2. The third-order valence-electron chi connectivity index (χ3n) is 1.91. The third kappa shape index (κ3) is 11.2. The summed E-state index contributed by atoms with van der Waals surface area (Å²) in [5.74, 6) is 3.65. The van der Waals surface area contributed by atoms with Crippen LogP contribution in [0.5, 0.6) is 0 Å². The summed E-state index contributed by atoms with van der Waals surface area (Å²) in [6.07, 6.45) is 5.42. The molecule has 2 atom stereocenters. The molecule has 0 rings (SSSR count). The van der Waals surface area contributed by atoms with Gasteiger partial charge in [-0.25, -0.2) is 0 Å². The fraction of sp³-hybridized carbons (Fsp3) is 1.00. The van der Waals surface area contributed by atoms with E-state index >= 15 is 0 Å². The quantitative estimate of drug-likeness (QED) is 0.594. The maximum absolute atomic E-state index is 9.46. The van der Waals surface area contributed by atoms with Gasteiger partial charge in [0.15, 0.2) is 0 Å². The Morgan fingerprint density at radius 3 is 1.60 bits per heavy atom. The van der Waals surface area contributed by atoms with E-state index in [0.29, 0.717) is 0 Å². The molecule has 0 saturated carbocycles. The molecule has 0 aliphatic heterocycles. The summed E-state index contributed by atoms with van der Waals surface area (Å²) in [6.45, 7) is 0. The molecule has 2 N–H and O–H groups in total. The van der Waals surface area contributed by atoms with E-state index in [1.807, 2.05) is 24.3 Å². The van der Waals surface area contributed by atoms with Gasteiger partial charge in [0.2, 0.25) is 0 Å². The molecule has 0 bridgehead atoms. The molecular weight excluding hydrogens is 248 g/mol. The smallest absolute Gasteiger partial charge is 0.0638 e. The minimum atomic E-state index is -0.163. The first kappa shape index (κ1) is 16.0. The van der Waals surface area contributed by atoms with E-state index in [1.54, 1.807) is 23.5 Å². The second-order valence-corrected chi connectivity index (χ2v) is 6.45. The fourth-order valence-electron chi connectivity index (χ4n) is 1.09. The molecule has 92 valence electrons. The van der Waals surface area contributed by atoms with Crippen molar-refractivity contribution in [2.45, 2.75) is 25.0 Å². The molecule has 0 aromatic heterocycles. The van der Waals surface area contributed by atoms with Gasteiger partial charge in [-0.1, -0.05) is 0 Å². The lowest BCUT2D eigenvalue weighted by Crippen LogP contribution is -2.12. The molecule has 0 amide bonds. The Labute approximate surface area is 106 Å². The van der Waals surface area contributed by atoms with Crippen molar-refractivity contribution in [2.24, 2.45) is 0 Å². The molecule has 0 heterocycles. The van der Waals surface area contributed by atoms with Gasteiger partial charge in [-0.05, 0) is 36.9 Å². The summed E-state index contributed by atoms with van der Waals surface area (Å²) in [6, 6.07) is 0. The fourth-order valence-corrected chi connectivity index (χ4v) is 3.28. The summed E-state index contributed by atoms with van der Waals surface area (Å²) >= 11 is 5.19. The van der Waals surface area contributed by atoms with E-state index in [9.17, 15) is 10.2 Å². The highest BCUT2D eigenvalue weighted by atomic mass is 32.2. The van der Waals surface area contributed by atoms with Crippen molar-refractivity contribution in [3.8, 4) is 0 Å². The average molecular weight is 270 g/mol. The van der Waals surface area contributed by atoms with Crippen molar-refractivity contribution < 1.29 is 10.2 Å². The number of aliphatic hydroxyl groups is 2. The van der Waals surface area contributed by atoms with Gasteiger partial charge in [-0.15, -0.1) is 0 Å². The Hall–Kier alpha value is 0.970. The summed E-state index contributed by atoms with van der Waals surface area (Å²) in [5.41, 5.74) is 0. The van der Waals surface area contributed by atoms with Gasteiger partial charge in [0.05, 0.1) is 12.2 Å². The van der Waals surface area contributed by atoms with Crippen molar-refractivity contribution >= 4 is 35.3 Å². The predicted octanol–water partition coefficient (Wildman–Crippen LogP) is 1.95. The Balaban J connectivity index is 3.17. The summed E-state index contributed by atoms with van der Waals surface area (Å²) in [4.78, 5) is 0. The van der Waals surface area contributed by atoms with Crippen LogP contribution in [0.3, 0.4) is 0 Å². The van der Waals surface area contributed by atoms with Gasteiger partial charge < -0.3 is 10.2 Å². The minimum absolute atomic E-state index is 0.163. The van der Waals surface area contributed by atoms with E-state index in [4.69, 9.17) is 0 Å². The monoisotopic (exact) mass is 270 g/mol. The molecular formula is C10H22O2S3. The van der Waals surface area contributed by atoms with Crippen LogP contribution < -0.4 is 0 Å². The lowest BCUT2D eigenvalue weighted by atomic mass is 10.3. The first-order valence-electron chi connectivity index (χ1n) is 5.12. The van der Waals surface area contributed by atoms with Crippen LogP contribution in [0.15, 0.2) is 0 Å². The average Bonchev–Trinajstić information content (AvgIpc) is 2.18. The summed E-state index contributed by atoms with van der Waals surface area (Å²) in [5, 5.41) is 18.9. The summed E-state index contributed by atoms with van der Waals surface area (Å²) in [7, 11) is 0. The van der Waals surface area contributed by atoms with E-state index < -0.39 is 0 Å². The summed E-state index contributed by atoms with van der Waals surface area (Å²) < 4.78 is 0. The predicted molar refractivity (Wildman–Crippen MR) is 75.3 cm³/mol. The molecule has 2 unspecified atom stereocenters. The van der Waals surface area contributed by atoms with Gasteiger partial charge in [0, 0.05) is 11.5 Å². The number of thioether (sulfide) groups is 3. The van der Waals surface area contributed by atoms with E-state index in [-0.39, 0.29) is 12.2 Å². The van der Waals surface area contributed by atoms with Crippen LogP contribution in [0.4, 0.5) is 0 Å². The largest absolute Gasteiger partial charge is 0.392 e. The molecule has 0 aromatic rings. The lowest BCUT2D eigenvalue weighted by molar-refractivity contribution is 0.195. The maximum Gasteiger partial charge on any atom is 0.0638 e. The zero-order valence-corrected chi connectivity index (χ0v) is 12.0. The minimum Gasteiger partial charge on any atom is -0.392 e.